The van der Waals surface area contributed by atoms with Gasteiger partial charge in [-0.2, -0.15) is 0 Å². The molecule has 4 heterocycles. The van der Waals surface area contributed by atoms with Crippen LogP contribution >= 0.6 is 11.3 Å². The Morgan fingerprint density at radius 3 is 2.81 bits per heavy atom. The number of aryl methyl sites for hydroxylation is 1. The largest absolute Gasteiger partial charge is 0.379 e. The van der Waals surface area contributed by atoms with E-state index in [2.05, 4.69) is 26.7 Å². The van der Waals surface area contributed by atoms with Crippen molar-refractivity contribution >= 4 is 17.2 Å². The fourth-order valence-corrected chi connectivity index (χ4v) is 4.74. The molecule has 0 radical (unpaired) electrons. The Morgan fingerprint density at radius 2 is 2.07 bits per heavy atom. The maximum absolute atomic E-state index is 12.8. The average Bonchev–Trinajstić information content (AvgIpc) is 3.28. The van der Waals surface area contributed by atoms with E-state index in [9.17, 15) is 4.79 Å². The number of piperidine rings is 1. The molecule has 0 unspecified atom stereocenters. The van der Waals surface area contributed by atoms with Gasteiger partial charge in [-0.15, -0.1) is 21.5 Å². The van der Waals surface area contributed by atoms with Crippen LogP contribution in [0.15, 0.2) is 12.1 Å². The smallest absolute Gasteiger partial charge is 0.263 e. The minimum atomic E-state index is 0.147. The van der Waals surface area contributed by atoms with Crippen LogP contribution in [0.2, 0.25) is 0 Å². The highest BCUT2D eigenvalue weighted by Gasteiger charge is 2.29. The van der Waals surface area contributed by atoms with Crippen molar-refractivity contribution in [1.29, 1.82) is 0 Å². The van der Waals surface area contributed by atoms with E-state index in [1.807, 2.05) is 24.0 Å². The second-order valence-corrected chi connectivity index (χ2v) is 8.71. The zero-order chi connectivity index (χ0) is 18.8. The summed E-state index contributed by atoms with van der Waals surface area (Å²) in [4.78, 5) is 19.2. The molecule has 2 aromatic rings. The zero-order valence-electron chi connectivity index (χ0n) is 16.1. The van der Waals surface area contributed by atoms with Gasteiger partial charge in [0, 0.05) is 44.0 Å². The maximum Gasteiger partial charge on any atom is 0.263 e. The Morgan fingerprint density at radius 1 is 1.26 bits per heavy atom. The summed E-state index contributed by atoms with van der Waals surface area (Å²) in [7, 11) is 2.05. The first-order valence-corrected chi connectivity index (χ1v) is 10.5. The summed E-state index contributed by atoms with van der Waals surface area (Å²) in [5, 5.41) is 8.94. The van der Waals surface area contributed by atoms with Gasteiger partial charge < -0.3 is 14.2 Å². The summed E-state index contributed by atoms with van der Waals surface area (Å²) in [5.41, 5.74) is 0. The van der Waals surface area contributed by atoms with Crippen molar-refractivity contribution < 1.29 is 9.53 Å². The third-order valence-corrected chi connectivity index (χ3v) is 6.48. The molecule has 27 heavy (non-hydrogen) atoms. The molecule has 0 bridgehead atoms. The fourth-order valence-electron chi connectivity index (χ4n) is 3.91. The highest BCUT2D eigenvalue weighted by molar-refractivity contribution is 7.13. The first-order chi connectivity index (χ1) is 13.1. The number of hydrogen-bond acceptors (Lipinski definition) is 6. The molecule has 8 heteroatoms. The van der Waals surface area contributed by atoms with Crippen molar-refractivity contribution in [1.82, 2.24) is 24.6 Å². The SMILES string of the molecule is Cc1ccc(C(=O)N2CCC[C@H](c3nnc(CN4CCOCC4)n3C)C2)s1. The van der Waals surface area contributed by atoms with E-state index in [1.54, 1.807) is 11.3 Å². The van der Waals surface area contributed by atoms with E-state index in [4.69, 9.17) is 4.74 Å². The summed E-state index contributed by atoms with van der Waals surface area (Å²) in [6, 6.07) is 3.95. The van der Waals surface area contributed by atoms with Crippen molar-refractivity contribution in [3.05, 3.63) is 33.5 Å². The van der Waals surface area contributed by atoms with Crippen LogP contribution < -0.4 is 0 Å². The number of thiophene rings is 1. The normalized spacial score (nSPS) is 21.6. The van der Waals surface area contributed by atoms with E-state index in [1.165, 1.54) is 4.88 Å². The van der Waals surface area contributed by atoms with Gasteiger partial charge >= 0.3 is 0 Å². The van der Waals surface area contributed by atoms with Crippen LogP contribution in [0.25, 0.3) is 0 Å². The number of aromatic nitrogens is 3. The van der Waals surface area contributed by atoms with Gasteiger partial charge in [0.25, 0.3) is 5.91 Å². The molecule has 0 aliphatic carbocycles. The minimum absolute atomic E-state index is 0.147. The standard InChI is InChI=1S/C19H27N5O2S/c1-14-5-6-16(27-14)19(25)24-7-3-4-15(12-24)18-21-20-17(22(18)2)13-23-8-10-26-11-9-23/h5-6,15H,3-4,7-13H2,1-2H3/t15-/m0/s1. The van der Waals surface area contributed by atoms with Crippen LogP contribution in [0.3, 0.4) is 0 Å². The van der Waals surface area contributed by atoms with E-state index in [0.717, 1.165) is 75.3 Å². The van der Waals surface area contributed by atoms with E-state index in [0.29, 0.717) is 0 Å². The van der Waals surface area contributed by atoms with Gasteiger partial charge in [-0.1, -0.05) is 0 Å². The molecule has 1 amide bonds. The average molecular weight is 390 g/mol. The molecule has 2 aromatic heterocycles. The van der Waals surface area contributed by atoms with Crippen LogP contribution in [0.4, 0.5) is 0 Å². The van der Waals surface area contributed by atoms with Crippen molar-refractivity contribution in [2.24, 2.45) is 7.05 Å². The second kappa shape index (κ2) is 8.08. The van der Waals surface area contributed by atoms with Crippen molar-refractivity contribution in [3.63, 3.8) is 0 Å². The number of likely N-dealkylation sites (tertiary alicyclic amines) is 1. The number of morpholine rings is 1. The summed E-state index contributed by atoms with van der Waals surface area (Å²) in [5.74, 6) is 2.38. The molecule has 0 saturated carbocycles. The van der Waals surface area contributed by atoms with E-state index in [-0.39, 0.29) is 11.8 Å². The van der Waals surface area contributed by atoms with Crippen molar-refractivity contribution in [2.75, 3.05) is 39.4 Å². The molecule has 2 fully saturated rings. The van der Waals surface area contributed by atoms with Crippen molar-refractivity contribution in [2.45, 2.75) is 32.2 Å². The van der Waals surface area contributed by atoms with Crippen LogP contribution in [-0.4, -0.2) is 69.9 Å². The van der Waals surface area contributed by atoms with Gasteiger partial charge in [0.15, 0.2) is 0 Å². The van der Waals surface area contributed by atoms with Crippen LogP contribution in [0.5, 0.6) is 0 Å². The van der Waals surface area contributed by atoms with Gasteiger partial charge in [-0.05, 0) is 31.9 Å². The van der Waals surface area contributed by atoms with Crippen LogP contribution in [0, 0.1) is 6.92 Å². The molecule has 0 spiro atoms. The number of nitrogens with zero attached hydrogens (tertiary/aromatic N) is 5. The molecule has 146 valence electrons. The summed E-state index contributed by atoms with van der Waals surface area (Å²) >= 11 is 1.57. The molecule has 0 aromatic carbocycles. The summed E-state index contributed by atoms with van der Waals surface area (Å²) in [6.07, 6.45) is 2.06. The molecule has 2 saturated heterocycles. The Labute approximate surface area is 163 Å². The third kappa shape index (κ3) is 4.07. The lowest BCUT2D eigenvalue weighted by atomic mass is 9.97. The number of carbonyl (C=O) groups is 1. The molecule has 1 atom stereocenters. The van der Waals surface area contributed by atoms with Gasteiger partial charge in [0.05, 0.1) is 24.6 Å². The van der Waals surface area contributed by atoms with Gasteiger partial charge in [-0.3, -0.25) is 9.69 Å². The zero-order valence-corrected chi connectivity index (χ0v) is 16.9. The Balaban J connectivity index is 1.44. The maximum atomic E-state index is 12.8. The van der Waals surface area contributed by atoms with Gasteiger partial charge in [0.2, 0.25) is 0 Å². The highest BCUT2D eigenvalue weighted by atomic mass is 32.1. The topological polar surface area (TPSA) is 63.5 Å². The number of amides is 1. The molecule has 4 rings (SSSR count). The Bertz CT molecular complexity index is 796. The Hall–Kier alpha value is -1.77. The summed E-state index contributed by atoms with van der Waals surface area (Å²) in [6.45, 7) is 7.83. The molecule has 2 aliphatic heterocycles. The summed E-state index contributed by atoms with van der Waals surface area (Å²) < 4.78 is 7.55. The lowest BCUT2D eigenvalue weighted by molar-refractivity contribution is 0.0326. The lowest BCUT2D eigenvalue weighted by Crippen LogP contribution is -2.39. The van der Waals surface area contributed by atoms with Gasteiger partial charge in [0.1, 0.15) is 11.6 Å². The molecule has 2 aliphatic rings. The lowest BCUT2D eigenvalue weighted by Gasteiger charge is -2.32. The van der Waals surface area contributed by atoms with E-state index >= 15 is 0 Å². The van der Waals surface area contributed by atoms with Crippen LogP contribution in [-0.2, 0) is 18.3 Å². The number of rotatable bonds is 4. The molecule has 0 N–H and O–H groups in total. The predicted molar refractivity (Wildman–Crippen MR) is 104 cm³/mol. The number of hydrogen-bond donors (Lipinski definition) is 0. The van der Waals surface area contributed by atoms with E-state index < -0.39 is 0 Å². The highest BCUT2D eigenvalue weighted by Crippen LogP contribution is 2.28. The van der Waals surface area contributed by atoms with Crippen molar-refractivity contribution in [3.8, 4) is 0 Å². The first-order valence-electron chi connectivity index (χ1n) is 9.66. The number of carbonyl (C=O) groups excluding carboxylic acids is 1. The van der Waals surface area contributed by atoms with Crippen LogP contribution in [0.1, 0.15) is 45.0 Å². The predicted octanol–water partition coefficient (Wildman–Crippen LogP) is 2.04. The second-order valence-electron chi connectivity index (χ2n) is 7.42. The number of ether oxygens (including phenoxy) is 1. The molecular weight excluding hydrogens is 362 g/mol. The first kappa shape index (κ1) is 18.6. The minimum Gasteiger partial charge on any atom is -0.379 e. The Kier molecular flexibility index (Phi) is 5.56. The monoisotopic (exact) mass is 389 g/mol. The quantitative estimate of drug-likeness (QED) is 0.801. The molecular formula is C19H27N5O2S. The van der Waals surface area contributed by atoms with Gasteiger partial charge in [-0.25, -0.2) is 0 Å². The molecule has 7 nitrogen and oxygen atoms in total. The third-order valence-electron chi connectivity index (χ3n) is 5.49. The fraction of sp³-hybridized carbons (Fsp3) is 0.632.